The maximum absolute atomic E-state index is 12.8. The van der Waals surface area contributed by atoms with Crippen LogP contribution in [0.15, 0.2) is 65.7 Å². The maximum Gasteiger partial charge on any atom is 0.416 e. The van der Waals surface area contributed by atoms with E-state index in [0.717, 1.165) is 11.8 Å². The average molecular weight is 465 g/mol. The first-order chi connectivity index (χ1) is 15.2. The van der Waals surface area contributed by atoms with Crippen LogP contribution in [0.3, 0.4) is 0 Å². The van der Waals surface area contributed by atoms with Gasteiger partial charge in [-0.25, -0.2) is 0 Å². The van der Waals surface area contributed by atoms with Crippen molar-refractivity contribution in [3.05, 3.63) is 86.9 Å². The highest BCUT2D eigenvalue weighted by Crippen LogP contribution is 2.39. The zero-order chi connectivity index (χ0) is 23.3. The summed E-state index contributed by atoms with van der Waals surface area (Å²) in [5, 5.41) is 11.3. The molecule has 166 valence electrons. The zero-order valence-electron chi connectivity index (χ0n) is 16.6. The molecule has 0 bridgehead atoms. The van der Waals surface area contributed by atoms with Gasteiger partial charge in [-0.3, -0.25) is 15.1 Å². The minimum atomic E-state index is -4.72. The van der Waals surface area contributed by atoms with Gasteiger partial charge in [0.15, 0.2) is 0 Å². The molecule has 0 saturated heterocycles. The number of ether oxygens (including phenoxy) is 2. The third kappa shape index (κ3) is 5.76. The molecule has 0 aromatic heterocycles. The monoisotopic (exact) mass is 464 g/mol. The normalized spacial score (nSPS) is 11.5. The Labute approximate surface area is 186 Å². The summed E-state index contributed by atoms with van der Waals surface area (Å²) in [5.74, 6) is 0.418. The minimum absolute atomic E-state index is 0.0488. The SMILES string of the molecule is CCOc1ccc(N=Cc2ccc(Oc3ccc(C(F)(F)F)cc3[N+](=O)[O-])c(Cl)c2)cc1. The molecule has 3 aromatic carbocycles. The summed E-state index contributed by atoms with van der Waals surface area (Å²) in [6.45, 7) is 2.45. The van der Waals surface area contributed by atoms with Crippen molar-refractivity contribution in [2.75, 3.05) is 6.61 Å². The summed E-state index contributed by atoms with van der Waals surface area (Å²) in [6, 6.07) is 13.7. The number of nitro groups is 1. The number of hydrogen-bond donors (Lipinski definition) is 0. The van der Waals surface area contributed by atoms with Crippen molar-refractivity contribution < 1.29 is 27.6 Å². The lowest BCUT2D eigenvalue weighted by molar-refractivity contribution is -0.385. The Hall–Kier alpha value is -3.59. The van der Waals surface area contributed by atoms with Crippen LogP contribution in [0.4, 0.5) is 24.5 Å². The molecule has 6 nitrogen and oxygen atoms in total. The van der Waals surface area contributed by atoms with Crippen molar-refractivity contribution in [1.82, 2.24) is 0 Å². The standard InChI is InChI=1S/C22H16ClF3N2O4/c1-2-31-17-7-5-16(6-8-17)27-13-14-3-9-20(18(23)11-14)32-21-10-4-15(22(24,25)26)12-19(21)28(29)30/h3-13H,2H2,1H3. The van der Waals surface area contributed by atoms with Crippen LogP contribution in [0, 0.1) is 10.1 Å². The summed E-state index contributed by atoms with van der Waals surface area (Å²) in [5.41, 5.74) is -0.663. The van der Waals surface area contributed by atoms with Crippen molar-refractivity contribution >= 4 is 29.2 Å². The summed E-state index contributed by atoms with van der Waals surface area (Å²) in [6.07, 6.45) is -3.16. The van der Waals surface area contributed by atoms with Gasteiger partial charge in [0, 0.05) is 12.3 Å². The molecule has 32 heavy (non-hydrogen) atoms. The number of nitrogens with zero attached hydrogens (tertiary/aromatic N) is 2. The summed E-state index contributed by atoms with van der Waals surface area (Å²) in [7, 11) is 0. The van der Waals surface area contributed by atoms with Gasteiger partial charge in [0.1, 0.15) is 11.5 Å². The van der Waals surface area contributed by atoms with Gasteiger partial charge in [-0.1, -0.05) is 11.6 Å². The molecule has 0 N–H and O–H groups in total. The molecule has 0 fully saturated rings. The number of aliphatic imine (C=N–C) groups is 1. The van der Waals surface area contributed by atoms with E-state index in [2.05, 4.69) is 4.99 Å². The van der Waals surface area contributed by atoms with E-state index in [1.165, 1.54) is 12.1 Å². The molecule has 0 unspecified atom stereocenters. The van der Waals surface area contributed by atoms with Crippen LogP contribution in [0.2, 0.25) is 5.02 Å². The lowest BCUT2D eigenvalue weighted by Gasteiger charge is -2.11. The van der Waals surface area contributed by atoms with Gasteiger partial charge >= 0.3 is 11.9 Å². The van der Waals surface area contributed by atoms with Gasteiger partial charge in [-0.05, 0) is 67.1 Å². The molecular weight excluding hydrogens is 449 g/mol. The lowest BCUT2D eigenvalue weighted by Crippen LogP contribution is -2.06. The number of hydrogen-bond acceptors (Lipinski definition) is 5. The fraction of sp³-hybridized carbons (Fsp3) is 0.136. The molecule has 0 spiro atoms. The number of nitro benzene ring substituents is 1. The van der Waals surface area contributed by atoms with Gasteiger partial charge in [0.05, 0.1) is 27.8 Å². The Morgan fingerprint density at radius 1 is 1.06 bits per heavy atom. The number of rotatable bonds is 7. The smallest absolute Gasteiger partial charge is 0.416 e. The van der Waals surface area contributed by atoms with Crippen LogP contribution in [0.25, 0.3) is 0 Å². The fourth-order valence-corrected chi connectivity index (χ4v) is 2.89. The molecule has 0 aliphatic heterocycles. The van der Waals surface area contributed by atoms with Crippen LogP contribution in [0.5, 0.6) is 17.2 Å². The van der Waals surface area contributed by atoms with Gasteiger partial charge in [0.2, 0.25) is 5.75 Å². The Morgan fingerprint density at radius 3 is 2.34 bits per heavy atom. The average Bonchev–Trinajstić information content (AvgIpc) is 2.74. The molecule has 0 aliphatic carbocycles. The minimum Gasteiger partial charge on any atom is -0.494 e. The molecule has 0 radical (unpaired) electrons. The van der Waals surface area contributed by atoms with Gasteiger partial charge < -0.3 is 9.47 Å². The Bertz CT molecular complexity index is 1150. The Kier molecular flexibility index (Phi) is 6.99. The summed E-state index contributed by atoms with van der Waals surface area (Å²) in [4.78, 5) is 14.6. The second-order valence-corrected chi connectivity index (χ2v) is 6.82. The Balaban J connectivity index is 1.79. The third-order valence-corrected chi connectivity index (χ3v) is 4.46. The molecule has 10 heteroatoms. The number of alkyl halides is 3. The highest BCUT2D eigenvalue weighted by atomic mass is 35.5. The summed E-state index contributed by atoms with van der Waals surface area (Å²) < 4.78 is 49.3. The van der Waals surface area contributed by atoms with Crippen molar-refractivity contribution in [2.24, 2.45) is 4.99 Å². The Morgan fingerprint density at radius 2 is 1.75 bits per heavy atom. The first-order valence-corrected chi connectivity index (χ1v) is 9.65. The van der Waals surface area contributed by atoms with Crippen molar-refractivity contribution in [3.63, 3.8) is 0 Å². The van der Waals surface area contributed by atoms with Gasteiger partial charge in [-0.2, -0.15) is 13.2 Å². The quantitative estimate of drug-likeness (QED) is 0.210. The highest BCUT2D eigenvalue weighted by molar-refractivity contribution is 6.32. The van der Waals surface area contributed by atoms with Crippen molar-refractivity contribution in [2.45, 2.75) is 13.1 Å². The largest absolute Gasteiger partial charge is 0.494 e. The third-order valence-electron chi connectivity index (χ3n) is 4.17. The molecule has 0 heterocycles. The van der Waals surface area contributed by atoms with Crippen LogP contribution in [-0.4, -0.2) is 17.7 Å². The molecule has 0 atom stereocenters. The topological polar surface area (TPSA) is 74.0 Å². The molecule has 0 saturated carbocycles. The highest BCUT2D eigenvalue weighted by Gasteiger charge is 2.33. The fourth-order valence-electron chi connectivity index (χ4n) is 2.67. The number of benzene rings is 3. The summed E-state index contributed by atoms with van der Waals surface area (Å²) >= 11 is 6.20. The van der Waals surface area contributed by atoms with Crippen molar-refractivity contribution in [1.29, 1.82) is 0 Å². The van der Waals surface area contributed by atoms with E-state index in [1.54, 1.807) is 36.5 Å². The van der Waals surface area contributed by atoms with E-state index in [9.17, 15) is 23.3 Å². The molecule has 3 rings (SSSR count). The van der Waals surface area contributed by atoms with Crippen molar-refractivity contribution in [3.8, 4) is 17.2 Å². The van der Waals surface area contributed by atoms with E-state index in [1.807, 2.05) is 6.92 Å². The van der Waals surface area contributed by atoms with Crippen LogP contribution < -0.4 is 9.47 Å². The van der Waals surface area contributed by atoms with Gasteiger partial charge in [-0.15, -0.1) is 0 Å². The second kappa shape index (κ2) is 9.69. The van der Waals surface area contributed by atoms with E-state index in [4.69, 9.17) is 21.1 Å². The van der Waals surface area contributed by atoms with E-state index < -0.39 is 22.4 Å². The molecule has 0 amide bonds. The maximum atomic E-state index is 12.8. The molecular formula is C22H16ClF3N2O4. The molecule has 3 aromatic rings. The number of halogens is 4. The first-order valence-electron chi connectivity index (χ1n) is 9.27. The first kappa shape index (κ1) is 23.1. The van der Waals surface area contributed by atoms with Crippen LogP contribution in [-0.2, 0) is 6.18 Å². The van der Waals surface area contributed by atoms with Crippen LogP contribution >= 0.6 is 11.6 Å². The second-order valence-electron chi connectivity index (χ2n) is 6.41. The molecule has 0 aliphatic rings. The van der Waals surface area contributed by atoms with Gasteiger partial charge in [0.25, 0.3) is 0 Å². The van der Waals surface area contributed by atoms with E-state index in [-0.39, 0.29) is 16.5 Å². The van der Waals surface area contributed by atoms with Crippen LogP contribution in [0.1, 0.15) is 18.1 Å². The van der Waals surface area contributed by atoms with E-state index in [0.29, 0.717) is 30.0 Å². The predicted molar refractivity (Wildman–Crippen MR) is 114 cm³/mol. The van der Waals surface area contributed by atoms with E-state index >= 15 is 0 Å². The lowest BCUT2D eigenvalue weighted by atomic mass is 10.2. The zero-order valence-corrected chi connectivity index (χ0v) is 17.4. The predicted octanol–water partition coefficient (Wildman–Crippen LogP) is 7.21.